The van der Waals surface area contributed by atoms with Gasteiger partial charge in [-0.25, -0.2) is 9.13 Å². The van der Waals surface area contributed by atoms with E-state index in [1.807, 2.05) is 30.3 Å². The Kier molecular flexibility index (Phi) is 4.39. The van der Waals surface area contributed by atoms with Crippen molar-refractivity contribution in [2.75, 3.05) is 6.61 Å². The van der Waals surface area contributed by atoms with Crippen molar-refractivity contribution in [1.82, 2.24) is 4.57 Å². The molecule has 0 radical (unpaired) electrons. The van der Waals surface area contributed by atoms with Crippen LogP contribution < -0.4 is 9.30 Å². The van der Waals surface area contributed by atoms with Crippen LogP contribution in [-0.4, -0.2) is 11.2 Å². The summed E-state index contributed by atoms with van der Waals surface area (Å²) in [5, 5.41) is 0. The molecule has 2 rings (SSSR count). The molecule has 0 bridgehead atoms. The van der Waals surface area contributed by atoms with E-state index in [0.717, 1.165) is 24.3 Å². The summed E-state index contributed by atoms with van der Waals surface area (Å²) in [6.45, 7) is 7.60. The van der Waals surface area contributed by atoms with Crippen LogP contribution in [0, 0.1) is 6.92 Å². The number of benzene rings is 1. The Balaban J connectivity index is 1.84. The number of hydrogen-bond donors (Lipinski definition) is 0. The Morgan fingerprint density at radius 2 is 2.16 bits per heavy atom. The number of hydrogen-bond acceptors (Lipinski definition) is 1. The van der Waals surface area contributed by atoms with Crippen LogP contribution in [0.15, 0.2) is 43.2 Å². The standard InChI is InChI=1S/C16H21N2O/c1-4-15-8-5-6-9-16(15)19-13-7-10-18-12-11-17(3)14(18)2/h4-6,8-9,11-12H,1,7,10,13H2,2-3H3/q+1. The summed E-state index contributed by atoms with van der Waals surface area (Å²) in [4.78, 5) is 0. The zero-order valence-corrected chi connectivity index (χ0v) is 11.7. The van der Waals surface area contributed by atoms with Crippen molar-refractivity contribution in [2.45, 2.75) is 19.9 Å². The molecule has 1 heterocycles. The maximum atomic E-state index is 5.81. The average Bonchev–Trinajstić information content (AvgIpc) is 2.76. The zero-order valence-electron chi connectivity index (χ0n) is 11.7. The summed E-state index contributed by atoms with van der Waals surface area (Å²) in [7, 11) is 2.06. The van der Waals surface area contributed by atoms with Gasteiger partial charge in [-0.3, -0.25) is 0 Å². The SMILES string of the molecule is C=Cc1ccccc1OCCCn1cc[n+](C)c1C. The van der Waals surface area contributed by atoms with Gasteiger partial charge in [0.25, 0.3) is 5.82 Å². The highest BCUT2D eigenvalue weighted by molar-refractivity contribution is 5.55. The lowest BCUT2D eigenvalue weighted by Crippen LogP contribution is -2.29. The molecule has 0 saturated heterocycles. The van der Waals surface area contributed by atoms with Crippen molar-refractivity contribution in [3.63, 3.8) is 0 Å². The average molecular weight is 257 g/mol. The van der Waals surface area contributed by atoms with Gasteiger partial charge in [-0.05, 0) is 6.07 Å². The zero-order chi connectivity index (χ0) is 13.7. The predicted octanol–water partition coefficient (Wildman–Crippen LogP) is 2.73. The van der Waals surface area contributed by atoms with Gasteiger partial charge in [-0.1, -0.05) is 30.9 Å². The molecule has 3 nitrogen and oxygen atoms in total. The fourth-order valence-electron chi connectivity index (χ4n) is 2.03. The second-order valence-electron chi connectivity index (χ2n) is 4.59. The molecule has 0 saturated carbocycles. The van der Waals surface area contributed by atoms with Crippen LogP contribution >= 0.6 is 0 Å². The summed E-state index contributed by atoms with van der Waals surface area (Å²) < 4.78 is 10.2. The van der Waals surface area contributed by atoms with E-state index in [0.29, 0.717) is 6.61 Å². The van der Waals surface area contributed by atoms with Crippen LogP contribution in [-0.2, 0) is 13.6 Å². The van der Waals surface area contributed by atoms with E-state index in [-0.39, 0.29) is 0 Å². The third kappa shape index (κ3) is 3.25. The second-order valence-corrected chi connectivity index (χ2v) is 4.59. The lowest BCUT2D eigenvalue weighted by Gasteiger charge is -2.08. The Labute approximate surface area is 114 Å². The van der Waals surface area contributed by atoms with Gasteiger partial charge < -0.3 is 4.74 Å². The quantitative estimate of drug-likeness (QED) is 0.575. The Morgan fingerprint density at radius 3 is 2.84 bits per heavy atom. The predicted molar refractivity (Wildman–Crippen MR) is 77.0 cm³/mol. The first-order chi connectivity index (χ1) is 9.22. The van der Waals surface area contributed by atoms with Crippen molar-refractivity contribution in [3.05, 3.63) is 54.6 Å². The maximum absolute atomic E-state index is 5.81. The van der Waals surface area contributed by atoms with Crippen molar-refractivity contribution < 1.29 is 9.30 Å². The number of para-hydroxylation sites is 1. The summed E-state index contributed by atoms with van der Waals surface area (Å²) in [5.41, 5.74) is 1.05. The third-order valence-corrected chi connectivity index (χ3v) is 3.34. The normalized spacial score (nSPS) is 10.4. The van der Waals surface area contributed by atoms with Crippen LogP contribution in [0.5, 0.6) is 5.75 Å². The molecule has 0 aliphatic carbocycles. The largest absolute Gasteiger partial charge is 0.493 e. The van der Waals surface area contributed by atoms with Crippen molar-refractivity contribution >= 4 is 6.08 Å². The number of rotatable bonds is 6. The van der Waals surface area contributed by atoms with Gasteiger partial charge in [0.2, 0.25) is 0 Å². The number of ether oxygens (including phenoxy) is 1. The van der Waals surface area contributed by atoms with E-state index < -0.39 is 0 Å². The topological polar surface area (TPSA) is 18.0 Å². The Morgan fingerprint density at radius 1 is 1.37 bits per heavy atom. The van der Waals surface area contributed by atoms with E-state index in [2.05, 4.69) is 42.1 Å². The molecule has 0 aliphatic rings. The molecule has 0 N–H and O–H groups in total. The first-order valence-corrected chi connectivity index (χ1v) is 6.58. The number of imidazole rings is 1. The molecule has 1 aromatic heterocycles. The molecule has 0 amide bonds. The van der Waals surface area contributed by atoms with E-state index >= 15 is 0 Å². The smallest absolute Gasteiger partial charge is 0.253 e. The summed E-state index contributed by atoms with van der Waals surface area (Å²) in [5.74, 6) is 2.17. The fourth-order valence-corrected chi connectivity index (χ4v) is 2.03. The van der Waals surface area contributed by atoms with Crippen molar-refractivity contribution in [2.24, 2.45) is 7.05 Å². The molecule has 19 heavy (non-hydrogen) atoms. The van der Waals surface area contributed by atoms with Crippen LogP contribution in [0.3, 0.4) is 0 Å². The van der Waals surface area contributed by atoms with E-state index in [4.69, 9.17) is 4.74 Å². The molecule has 0 aliphatic heterocycles. The van der Waals surface area contributed by atoms with Gasteiger partial charge in [-0.2, -0.15) is 0 Å². The molecular formula is C16H21N2O+. The van der Waals surface area contributed by atoms with Gasteiger partial charge in [0.1, 0.15) is 18.1 Å². The minimum Gasteiger partial charge on any atom is -0.493 e. The van der Waals surface area contributed by atoms with E-state index in [1.165, 1.54) is 5.82 Å². The van der Waals surface area contributed by atoms with Gasteiger partial charge in [0.05, 0.1) is 20.2 Å². The monoisotopic (exact) mass is 257 g/mol. The van der Waals surface area contributed by atoms with E-state index in [1.54, 1.807) is 0 Å². The molecule has 2 aromatic rings. The first-order valence-electron chi connectivity index (χ1n) is 6.58. The number of nitrogens with zero attached hydrogens (tertiary/aromatic N) is 2. The number of aromatic nitrogens is 2. The minimum absolute atomic E-state index is 0.714. The Hall–Kier alpha value is -2.03. The molecule has 1 aromatic carbocycles. The molecule has 100 valence electrons. The van der Waals surface area contributed by atoms with Crippen molar-refractivity contribution in [3.8, 4) is 5.75 Å². The molecule has 0 unspecified atom stereocenters. The summed E-state index contributed by atoms with van der Waals surface area (Å²) in [6, 6.07) is 7.97. The van der Waals surface area contributed by atoms with Gasteiger partial charge >= 0.3 is 0 Å². The second kappa shape index (κ2) is 6.23. The molecule has 0 spiro atoms. The van der Waals surface area contributed by atoms with Gasteiger partial charge in [0.15, 0.2) is 0 Å². The molecule has 3 heteroatoms. The number of aryl methyl sites for hydroxylation is 2. The molecule has 0 atom stereocenters. The van der Waals surface area contributed by atoms with Crippen LogP contribution in [0.4, 0.5) is 0 Å². The van der Waals surface area contributed by atoms with Gasteiger partial charge in [0, 0.05) is 18.9 Å². The van der Waals surface area contributed by atoms with Crippen LogP contribution in [0.2, 0.25) is 0 Å². The molecule has 0 fully saturated rings. The minimum atomic E-state index is 0.714. The maximum Gasteiger partial charge on any atom is 0.253 e. The Bertz CT molecular complexity index is 558. The molecular weight excluding hydrogens is 236 g/mol. The summed E-state index contributed by atoms with van der Waals surface area (Å²) >= 11 is 0. The lowest BCUT2D eigenvalue weighted by molar-refractivity contribution is -0.677. The van der Waals surface area contributed by atoms with Crippen LogP contribution in [0.1, 0.15) is 17.8 Å². The summed E-state index contributed by atoms with van der Waals surface area (Å²) in [6.07, 6.45) is 6.99. The van der Waals surface area contributed by atoms with Crippen LogP contribution in [0.25, 0.3) is 6.08 Å². The highest BCUT2D eigenvalue weighted by Gasteiger charge is 2.08. The van der Waals surface area contributed by atoms with Gasteiger partial charge in [-0.15, -0.1) is 0 Å². The fraction of sp³-hybridized carbons (Fsp3) is 0.312. The first kappa shape index (κ1) is 13.4. The third-order valence-electron chi connectivity index (χ3n) is 3.34. The van der Waals surface area contributed by atoms with E-state index in [9.17, 15) is 0 Å². The van der Waals surface area contributed by atoms with Crippen molar-refractivity contribution in [1.29, 1.82) is 0 Å². The highest BCUT2D eigenvalue weighted by atomic mass is 16.5. The lowest BCUT2D eigenvalue weighted by atomic mass is 10.2. The highest BCUT2D eigenvalue weighted by Crippen LogP contribution is 2.18.